The number of aromatic nitrogens is 3. The van der Waals surface area contributed by atoms with Gasteiger partial charge in [0, 0.05) is 18.7 Å². The fraction of sp³-hybridized carbons (Fsp3) is 0.217. The Hall–Kier alpha value is -4.14. The van der Waals surface area contributed by atoms with Gasteiger partial charge in [0.25, 0.3) is 5.56 Å². The summed E-state index contributed by atoms with van der Waals surface area (Å²) in [6.45, 7) is 3.70. The quantitative estimate of drug-likeness (QED) is 0.475. The van der Waals surface area contributed by atoms with Crippen LogP contribution in [0.25, 0.3) is 22.8 Å². The lowest BCUT2D eigenvalue weighted by Gasteiger charge is -2.16. The number of methoxy groups -OCH3 is 1. The molecule has 0 radical (unpaired) electrons. The van der Waals surface area contributed by atoms with Crippen molar-refractivity contribution in [2.24, 2.45) is 0 Å². The average Bonchev–Trinajstić information content (AvgIpc) is 3.49. The number of ether oxygens (including phenoxy) is 1. The van der Waals surface area contributed by atoms with Crippen LogP contribution in [0.1, 0.15) is 24.2 Å². The Balaban J connectivity index is 1.61. The van der Waals surface area contributed by atoms with Crippen molar-refractivity contribution in [3.8, 4) is 28.5 Å². The summed E-state index contributed by atoms with van der Waals surface area (Å²) in [5, 5.41) is 11.2. The van der Waals surface area contributed by atoms with Crippen molar-refractivity contribution in [2.75, 3.05) is 7.11 Å². The Kier molecular flexibility index (Phi) is 5.89. The first-order valence-electron chi connectivity index (χ1n) is 9.98. The van der Waals surface area contributed by atoms with Crippen LogP contribution >= 0.6 is 0 Å². The molecule has 0 spiro atoms. The highest BCUT2D eigenvalue weighted by atomic mass is 16.5. The molecule has 0 aliphatic rings. The third-order valence-corrected chi connectivity index (χ3v) is 4.98. The van der Waals surface area contributed by atoms with Crippen LogP contribution in [0.5, 0.6) is 5.75 Å². The summed E-state index contributed by atoms with van der Waals surface area (Å²) in [5.74, 6) is 1.22. The molecular weight excluding hydrogens is 412 g/mol. The van der Waals surface area contributed by atoms with E-state index in [9.17, 15) is 9.59 Å². The van der Waals surface area contributed by atoms with Crippen LogP contribution in [0.4, 0.5) is 0 Å². The van der Waals surface area contributed by atoms with E-state index < -0.39 is 11.6 Å². The molecule has 9 nitrogen and oxygen atoms in total. The van der Waals surface area contributed by atoms with E-state index >= 15 is 0 Å². The van der Waals surface area contributed by atoms with Crippen LogP contribution in [0, 0.1) is 6.92 Å². The number of hydrogen-bond donors (Lipinski definition) is 1. The number of benzene rings is 1. The molecule has 3 aromatic heterocycles. The van der Waals surface area contributed by atoms with Gasteiger partial charge in [-0.15, -0.1) is 0 Å². The number of nitrogens with one attached hydrogen (secondary N) is 1. The van der Waals surface area contributed by atoms with E-state index in [1.807, 2.05) is 24.3 Å². The van der Waals surface area contributed by atoms with Crippen LogP contribution in [0.15, 0.2) is 68.5 Å². The minimum atomic E-state index is -0.847. The fourth-order valence-corrected chi connectivity index (χ4v) is 3.21. The van der Waals surface area contributed by atoms with Gasteiger partial charge in [-0.3, -0.25) is 9.59 Å². The van der Waals surface area contributed by atoms with Crippen LogP contribution in [-0.2, 0) is 11.3 Å². The van der Waals surface area contributed by atoms with Crippen molar-refractivity contribution in [3.63, 3.8) is 0 Å². The number of nitrogens with zero attached hydrogens (tertiary/aromatic N) is 3. The summed E-state index contributed by atoms with van der Waals surface area (Å²) >= 11 is 0. The smallest absolute Gasteiger partial charge is 0.268 e. The second-order valence-corrected chi connectivity index (χ2v) is 7.24. The van der Waals surface area contributed by atoms with Gasteiger partial charge < -0.3 is 19.0 Å². The lowest BCUT2D eigenvalue weighted by molar-refractivity contribution is -0.124. The molecule has 1 N–H and O–H groups in total. The summed E-state index contributed by atoms with van der Waals surface area (Å²) in [5.41, 5.74) is 1.93. The first-order chi connectivity index (χ1) is 15.5. The van der Waals surface area contributed by atoms with Gasteiger partial charge >= 0.3 is 0 Å². The van der Waals surface area contributed by atoms with Gasteiger partial charge in [-0.1, -0.05) is 17.3 Å². The number of amides is 1. The van der Waals surface area contributed by atoms with E-state index in [1.54, 1.807) is 39.2 Å². The van der Waals surface area contributed by atoms with Crippen LogP contribution in [-0.4, -0.2) is 28.0 Å². The van der Waals surface area contributed by atoms with Gasteiger partial charge in [-0.05, 0) is 43.7 Å². The second-order valence-electron chi connectivity index (χ2n) is 7.24. The Bertz CT molecular complexity index is 1270. The Morgan fingerprint density at radius 3 is 2.59 bits per heavy atom. The van der Waals surface area contributed by atoms with E-state index in [4.69, 9.17) is 13.7 Å². The number of carbonyl (C=O) groups is 1. The molecule has 1 aromatic carbocycles. The molecule has 9 heteroatoms. The van der Waals surface area contributed by atoms with Crippen molar-refractivity contribution < 1.29 is 18.5 Å². The minimum Gasteiger partial charge on any atom is -0.497 e. The van der Waals surface area contributed by atoms with E-state index in [0.717, 1.165) is 16.0 Å². The minimum absolute atomic E-state index is 0.308. The molecule has 0 bridgehead atoms. The van der Waals surface area contributed by atoms with Gasteiger partial charge in [0.1, 0.15) is 17.5 Å². The third-order valence-electron chi connectivity index (χ3n) is 4.98. The first-order valence-corrected chi connectivity index (χ1v) is 9.98. The van der Waals surface area contributed by atoms with Crippen LogP contribution < -0.4 is 15.6 Å². The number of carbonyl (C=O) groups excluding carboxylic acids is 1. The Labute approximate surface area is 183 Å². The van der Waals surface area contributed by atoms with E-state index in [0.29, 0.717) is 35.0 Å². The highest BCUT2D eigenvalue weighted by Crippen LogP contribution is 2.30. The second kappa shape index (κ2) is 8.93. The molecule has 3 heterocycles. The monoisotopic (exact) mass is 434 g/mol. The Morgan fingerprint density at radius 2 is 1.97 bits per heavy atom. The summed E-state index contributed by atoms with van der Waals surface area (Å²) in [7, 11) is 1.59. The molecule has 0 saturated carbocycles. The zero-order valence-electron chi connectivity index (χ0n) is 17.9. The first kappa shape index (κ1) is 21.1. The molecule has 0 aliphatic carbocycles. The van der Waals surface area contributed by atoms with Gasteiger partial charge in [0.2, 0.25) is 5.91 Å². The molecule has 0 unspecified atom stereocenters. The maximum Gasteiger partial charge on any atom is 0.268 e. The van der Waals surface area contributed by atoms with Crippen molar-refractivity contribution in [2.45, 2.75) is 26.4 Å². The van der Waals surface area contributed by atoms with Crippen molar-refractivity contribution in [1.29, 1.82) is 0 Å². The molecule has 1 amide bonds. The zero-order chi connectivity index (χ0) is 22.7. The SMILES string of the molecule is COc1ccc(CNC(=O)[C@@H](C)n2nc(-c3ccco3)c(-c3cc(C)no3)cc2=O)cc1. The number of rotatable bonds is 7. The van der Waals surface area contributed by atoms with Gasteiger partial charge in [-0.2, -0.15) is 5.10 Å². The largest absolute Gasteiger partial charge is 0.497 e. The molecule has 4 rings (SSSR count). The fourth-order valence-electron chi connectivity index (χ4n) is 3.21. The topological polar surface area (TPSA) is 112 Å². The summed E-state index contributed by atoms with van der Waals surface area (Å²) in [4.78, 5) is 25.6. The standard InChI is InChI=1S/C23H22N4O5/c1-14-11-20(32-26-14)18-12-21(28)27(25-22(18)19-5-4-10-31-19)15(2)23(29)24-13-16-6-8-17(30-3)9-7-16/h4-12,15H,13H2,1-3H3,(H,24,29)/t15-/m1/s1. The molecule has 0 saturated heterocycles. The maximum absolute atomic E-state index is 12.8. The summed E-state index contributed by atoms with van der Waals surface area (Å²) in [6, 6.07) is 13.0. The van der Waals surface area contributed by atoms with E-state index in [2.05, 4.69) is 15.6 Å². The molecule has 32 heavy (non-hydrogen) atoms. The molecule has 4 aromatic rings. The third kappa shape index (κ3) is 4.31. The van der Waals surface area contributed by atoms with Crippen molar-refractivity contribution in [3.05, 3.63) is 76.4 Å². The summed E-state index contributed by atoms with van der Waals surface area (Å²) in [6.07, 6.45) is 1.51. The predicted octanol–water partition coefficient (Wildman–Crippen LogP) is 3.35. The average molecular weight is 434 g/mol. The lowest BCUT2D eigenvalue weighted by atomic mass is 10.1. The highest BCUT2D eigenvalue weighted by molar-refractivity contribution is 5.80. The summed E-state index contributed by atoms with van der Waals surface area (Å²) < 4.78 is 17.1. The molecule has 0 fully saturated rings. The van der Waals surface area contributed by atoms with Crippen LogP contribution in [0.2, 0.25) is 0 Å². The normalized spacial score (nSPS) is 11.8. The van der Waals surface area contributed by atoms with Crippen LogP contribution in [0.3, 0.4) is 0 Å². The van der Waals surface area contributed by atoms with Gasteiger partial charge in [0.15, 0.2) is 11.5 Å². The van der Waals surface area contributed by atoms with E-state index in [1.165, 1.54) is 12.3 Å². The number of furan rings is 1. The number of aryl methyl sites for hydroxylation is 1. The predicted molar refractivity (Wildman–Crippen MR) is 116 cm³/mol. The highest BCUT2D eigenvalue weighted by Gasteiger charge is 2.23. The molecule has 164 valence electrons. The van der Waals surface area contributed by atoms with Gasteiger partial charge in [-0.25, -0.2) is 4.68 Å². The van der Waals surface area contributed by atoms with E-state index in [-0.39, 0.29) is 5.91 Å². The molecule has 0 aliphatic heterocycles. The maximum atomic E-state index is 12.8. The Morgan fingerprint density at radius 1 is 1.19 bits per heavy atom. The zero-order valence-corrected chi connectivity index (χ0v) is 17.9. The number of hydrogen-bond acceptors (Lipinski definition) is 7. The van der Waals surface area contributed by atoms with Crippen molar-refractivity contribution in [1.82, 2.24) is 20.3 Å². The lowest BCUT2D eigenvalue weighted by Crippen LogP contribution is -2.37. The molecule has 1 atom stereocenters. The van der Waals surface area contributed by atoms with Crippen molar-refractivity contribution >= 4 is 5.91 Å². The molecular formula is C23H22N4O5. The van der Waals surface area contributed by atoms with Gasteiger partial charge in [0.05, 0.1) is 24.6 Å².